The van der Waals surface area contributed by atoms with E-state index in [0.717, 1.165) is 27.6 Å². The first-order chi connectivity index (χ1) is 16.3. The summed E-state index contributed by atoms with van der Waals surface area (Å²) in [5, 5.41) is 8.41. The standard InChI is InChI=1S/C25H25FN4O3S/c1-3-4-12-25(18-8-10-19(26)11-9-18)23(32)30(24(33)29-25)14-22(31)28-20-7-5-6-17(13-20)21-15-34-16(2)27-21/h5-11,13,15H,3-4,12,14H2,1-2H3,(H,28,31)(H,29,33). The number of aryl methyl sites for hydroxylation is 1. The zero-order valence-corrected chi connectivity index (χ0v) is 19.7. The fourth-order valence-electron chi connectivity index (χ4n) is 4.05. The molecule has 0 saturated carbocycles. The van der Waals surface area contributed by atoms with E-state index in [1.54, 1.807) is 18.2 Å². The lowest BCUT2D eigenvalue weighted by molar-refractivity contribution is -0.134. The zero-order valence-electron chi connectivity index (χ0n) is 18.9. The van der Waals surface area contributed by atoms with Crippen molar-refractivity contribution in [2.45, 2.75) is 38.6 Å². The van der Waals surface area contributed by atoms with Crippen molar-refractivity contribution in [3.63, 3.8) is 0 Å². The SMILES string of the molecule is CCCCC1(c2ccc(F)cc2)NC(=O)N(CC(=O)Nc2cccc(-c3csc(C)n3)c2)C1=O. The van der Waals surface area contributed by atoms with E-state index in [1.165, 1.54) is 35.6 Å². The Morgan fingerprint density at radius 1 is 1.21 bits per heavy atom. The molecule has 4 rings (SSSR count). The summed E-state index contributed by atoms with van der Waals surface area (Å²) in [5.41, 5.74) is 1.38. The lowest BCUT2D eigenvalue weighted by Gasteiger charge is -2.27. The molecule has 1 fully saturated rings. The van der Waals surface area contributed by atoms with Gasteiger partial charge in [0, 0.05) is 16.6 Å². The molecule has 1 aliphatic heterocycles. The third-order valence-electron chi connectivity index (χ3n) is 5.78. The van der Waals surface area contributed by atoms with Crippen LogP contribution in [-0.2, 0) is 15.1 Å². The maximum absolute atomic E-state index is 13.5. The zero-order chi connectivity index (χ0) is 24.3. The first kappa shape index (κ1) is 23.6. The molecule has 0 spiro atoms. The maximum atomic E-state index is 13.5. The second-order valence-electron chi connectivity index (χ2n) is 8.22. The summed E-state index contributed by atoms with van der Waals surface area (Å²) in [7, 11) is 0. The molecule has 1 aliphatic rings. The van der Waals surface area contributed by atoms with Gasteiger partial charge in [-0.15, -0.1) is 11.3 Å². The van der Waals surface area contributed by atoms with E-state index in [-0.39, 0.29) is 0 Å². The van der Waals surface area contributed by atoms with Crippen molar-refractivity contribution < 1.29 is 18.8 Å². The van der Waals surface area contributed by atoms with E-state index in [4.69, 9.17) is 0 Å². The Hall–Kier alpha value is -3.59. The molecule has 1 atom stereocenters. The van der Waals surface area contributed by atoms with Crippen molar-refractivity contribution >= 4 is 34.9 Å². The molecule has 1 aromatic heterocycles. The van der Waals surface area contributed by atoms with Gasteiger partial charge in [0.25, 0.3) is 5.91 Å². The minimum absolute atomic E-state index is 0.354. The van der Waals surface area contributed by atoms with Gasteiger partial charge in [-0.05, 0) is 43.2 Å². The predicted octanol–water partition coefficient (Wildman–Crippen LogP) is 4.83. The first-order valence-electron chi connectivity index (χ1n) is 11.0. The van der Waals surface area contributed by atoms with Gasteiger partial charge in [-0.3, -0.25) is 14.5 Å². The number of anilines is 1. The summed E-state index contributed by atoms with van der Waals surface area (Å²) in [6, 6.07) is 12.1. The van der Waals surface area contributed by atoms with Gasteiger partial charge in [-0.2, -0.15) is 0 Å². The summed E-state index contributed by atoms with van der Waals surface area (Å²) < 4.78 is 13.5. The second kappa shape index (κ2) is 9.72. The molecule has 0 radical (unpaired) electrons. The number of nitrogens with one attached hydrogen (secondary N) is 2. The monoisotopic (exact) mass is 480 g/mol. The van der Waals surface area contributed by atoms with Crippen LogP contribution in [0.4, 0.5) is 14.9 Å². The number of imide groups is 1. The van der Waals surface area contributed by atoms with Gasteiger partial charge in [0.05, 0.1) is 10.7 Å². The molecule has 7 nitrogen and oxygen atoms in total. The van der Waals surface area contributed by atoms with Crippen molar-refractivity contribution in [1.29, 1.82) is 0 Å². The average Bonchev–Trinajstić information content (AvgIpc) is 3.35. The van der Waals surface area contributed by atoms with Crippen LogP contribution in [0, 0.1) is 12.7 Å². The highest BCUT2D eigenvalue weighted by atomic mass is 32.1. The number of urea groups is 1. The number of aromatic nitrogens is 1. The summed E-state index contributed by atoms with van der Waals surface area (Å²) in [6.07, 6.45) is 1.83. The molecule has 1 saturated heterocycles. The molecule has 34 heavy (non-hydrogen) atoms. The summed E-state index contributed by atoms with van der Waals surface area (Å²) in [6.45, 7) is 3.47. The Labute approximate surface area is 201 Å². The first-order valence-corrected chi connectivity index (χ1v) is 11.9. The van der Waals surface area contributed by atoms with Crippen LogP contribution < -0.4 is 10.6 Å². The quantitative estimate of drug-likeness (QED) is 0.452. The van der Waals surface area contributed by atoms with Crippen LogP contribution in [0.25, 0.3) is 11.3 Å². The summed E-state index contributed by atoms with van der Waals surface area (Å²) in [4.78, 5) is 44.3. The van der Waals surface area contributed by atoms with Gasteiger partial charge in [0.1, 0.15) is 17.9 Å². The van der Waals surface area contributed by atoms with Crippen LogP contribution >= 0.6 is 11.3 Å². The Morgan fingerprint density at radius 3 is 2.65 bits per heavy atom. The molecule has 0 aliphatic carbocycles. The number of amides is 4. The minimum atomic E-state index is -1.32. The van der Waals surface area contributed by atoms with Crippen LogP contribution in [0.2, 0.25) is 0 Å². The van der Waals surface area contributed by atoms with Gasteiger partial charge in [-0.1, -0.05) is 44.0 Å². The molecular formula is C25H25FN4O3S. The van der Waals surface area contributed by atoms with Crippen molar-refractivity contribution in [2.24, 2.45) is 0 Å². The van der Waals surface area contributed by atoms with Gasteiger partial charge in [0.15, 0.2) is 0 Å². The van der Waals surface area contributed by atoms with E-state index in [9.17, 15) is 18.8 Å². The number of halogens is 1. The highest BCUT2D eigenvalue weighted by Crippen LogP contribution is 2.34. The highest BCUT2D eigenvalue weighted by Gasteiger charge is 2.52. The molecule has 0 bridgehead atoms. The molecule has 2 aromatic carbocycles. The summed E-state index contributed by atoms with van der Waals surface area (Å²) >= 11 is 1.54. The van der Waals surface area contributed by atoms with E-state index >= 15 is 0 Å². The number of benzene rings is 2. The Kier molecular flexibility index (Phi) is 6.74. The minimum Gasteiger partial charge on any atom is -0.325 e. The number of rotatable bonds is 8. The third kappa shape index (κ3) is 4.70. The highest BCUT2D eigenvalue weighted by molar-refractivity contribution is 7.09. The van der Waals surface area contributed by atoms with Gasteiger partial charge in [0.2, 0.25) is 5.91 Å². The van der Waals surface area contributed by atoms with Crippen LogP contribution in [0.3, 0.4) is 0 Å². The number of unbranched alkanes of at least 4 members (excludes halogenated alkanes) is 1. The Bertz CT molecular complexity index is 1230. The van der Waals surface area contributed by atoms with Crippen LogP contribution in [0.1, 0.15) is 36.8 Å². The lowest BCUT2D eigenvalue weighted by atomic mass is 9.85. The second-order valence-corrected chi connectivity index (χ2v) is 9.28. The molecule has 2 N–H and O–H groups in total. The number of hydrogen-bond acceptors (Lipinski definition) is 5. The fraction of sp³-hybridized carbons (Fsp3) is 0.280. The molecule has 176 valence electrons. The van der Waals surface area contributed by atoms with Crippen molar-refractivity contribution in [1.82, 2.24) is 15.2 Å². The number of carbonyl (C=O) groups excluding carboxylic acids is 3. The van der Waals surface area contributed by atoms with Crippen LogP contribution in [0.15, 0.2) is 53.9 Å². The Morgan fingerprint density at radius 2 is 1.97 bits per heavy atom. The molecular weight excluding hydrogens is 455 g/mol. The summed E-state index contributed by atoms with van der Waals surface area (Å²) in [5.74, 6) is -1.45. The average molecular weight is 481 g/mol. The van der Waals surface area contributed by atoms with Gasteiger partial charge in [-0.25, -0.2) is 14.2 Å². The number of nitrogens with zero attached hydrogens (tertiary/aromatic N) is 2. The predicted molar refractivity (Wildman–Crippen MR) is 129 cm³/mol. The molecule has 3 aromatic rings. The van der Waals surface area contributed by atoms with Gasteiger partial charge < -0.3 is 10.6 Å². The molecule has 2 heterocycles. The molecule has 9 heteroatoms. The van der Waals surface area contributed by atoms with Gasteiger partial charge >= 0.3 is 6.03 Å². The normalized spacial score (nSPS) is 17.7. The Balaban J connectivity index is 1.51. The van der Waals surface area contributed by atoms with E-state index in [2.05, 4.69) is 15.6 Å². The third-order valence-corrected chi connectivity index (χ3v) is 6.55. The largest absolute Gasteiger partial charge is 0.325 e. The van der Waals surface area contributed by atoms with E-state index < -0.39 is 35.7 Å². The van der Waals surface area contributed by atoms with Crippen LogP contribution in [0.5, 0.6) is 0 Å². The molecule has 4 amide bonds. The number of hydrogen-bond donors (Lipinski definition) is 2. The maximum Gasteiger partial charge on any atom is 0.325 e. The van der Waals surface area contributed by atoms with E-state index in [1.807, 2.05) is 25.3 Å². The topological polar surface area (TPSA) is 91.4 Å². The van der Waals surface area contributed by atoms with E-state index in [0.29, 0.717) is 24.1 Å². The van der Waals surface area contributed by atoms with Crippen molar-refractivity contribution in [3.05, 3.63) is 70.3 Å². The molecule has 1 unspecified atom stereocenters. The fourth-order valence-corrected chi connectivity index (χ4v) is 4.67. The lowest BCUT2D eigenvalue weighted by Crippen LogP contribution is -2.44. The smallest absolute Gasteiger partial charge is 0.325 e. The number of carbonyl (C=O) groups is 3. The van der Waals surface area contributed by atoms with Crippen LogP contribution in [-0.4, -0.2) is 34.3 Å². The number of thiazole rings is 1. The van der Waals surface area contributed by atoms with Crippen molar-refractivity contribution in [2.75, 3.05) is 11.9 Å². The van der Waals surface area contributed by atoms with Crippen molar-refractivity contribution in [3.8, 4) is 11.3 Å².